The number of benzene rings is 1. The van der Waals surface area contributed by atoms with Crippen LogP contribution in [0.1, 0.15) is 62.5 Å². The molecule has 4 heteroatoms. The van der Waals surface area contributed by atoms with Crippen molar-refractivity contribution in [2.45, 2.75) is 70.5 Å². The molecule has 0 bridgehead atoms. The Hall–Kier alpha value is -1.39. The van der Waals surface area contributed by atoms with Crippen LogP contribution >= 0.6 is 0 Å². The topological polar surface area (TPSA) is 44.8 Å². The van der Waals surface area contributed by atoms with Gasteiger partial charge in [0, 0.05) is 19.6 Å². The normalized spacial score (nSPS) is 17.4. The third-order valence-electron chi connectivity index (χ3n) is 4.73. The van der Waals surface area contributed by atoms with E-state index in [1.165, 1.54) is 50.3 Å². The quantitative estimate of drug-likeness (QED) is 0.438. The Balaban J connectivity index is 1.57. The highest BCUT2D eigenvalue weighted by Gasteiger charge is 2.13. The maximum absolute atomic E-state index is 11.3. The zero-order valence-corrected chi connectivity index (χ0v) is 15.5. The van der Waals surface area contributed by atoms with Crippen molar-refractivity contribution in [3.8, 4) is 0 Å². The van der Waals surface area contributed by atoms with E-state index >= 15 is 0 Å². The Morgan fingerprint density at radius 2 is 1.84 bits per heavy atom. The van der Waals surface area contributed by atoms with E-state index in [-0.39, 0.29) is 12.3 Å². The second kappa shape index (κ2) is 12.0. The van der Waals surface area contributed by atoms with Gasteiger partial charge in [-0.1, -0.05) is 37.1 Å². The van der Waals surface area contributed by atoms with Gasteiger partial charge in [0.25, 0.3) is 0 Å². The molecule has 1 aliphatic rings. The summed E-state index contributed by atoms with van der Waals surface area (Å²) in [6.07, 6.45) is 10.4. The number of ether oxygens (including phenoxy) is 3. The van der Waals surface area contributed by atoms with Crippen LogP contribution in [-0.4, -0.2) is 32.6 Å². The SMILES string of the molecule is COC(=O)CCc1ccccc1CCCCCCOC1CCCCO1. The van der Waals surface area contributed by atoms with Crippen molar-refractivity contribution >= 4 is 5.97 Å². The fourth-order valence-electron chi connectivity index (χ4n) is 3.21. The highest BCUT2D eigenvalue weighted by Crippen LogP contribution is 2.16. The van der Waals surface area contributed by atoms with Gasteiger partial charge in [0.15, 0.2) is 6.29 Å². The number of hydrogen-bond acceptors (Lipinski definition) is 4. The molecule has 1 unspecified atom stereocenters. The molecule has 140 valence electrons. The van der Waals surface area contributed by atoms with E-state index in [1.54, 1.807) is 0 Å². The molecule has 0 saturated carbocycles. The van der Waals surface area contributed by atoms with Gasteiger partial charge in [0.05, 0.1) is 7.11 Å². The molecule has 1 aromatic rings. The second-order valence-corrected chi connectivity index (χ2v) is 6.68. The predicted octanol–water partition coefficient (Wildman–Crippen LogP) is 4.44. The van der Waals surface area contributed by atoms with Crippen LogP contribution in [-0.2, 0) is 31.8 Å². The number of unbranched alkanes of at least 4 members (excludes halogenated alkanes) is 3. The van der Waals surface area contributed by atoms with E-state index in [1.807, 2.05) is 6.07 Å². The van der Waals surface area contributed by atoms with Crippen LogP contribution in [0.2, 0.25) is 0 Å². The number of esters is 1. The van der Waals surface area contributed by atoms with Gasteiger partial charge in [0.1, 0.15) is 0 Å². The van der Waals surface area contributed by atoms with Crippen LogP contribution in [0, 0.1) is 0 Å². The molecule has 0 amide bonds. The third kappa shape index (κ3) is 8.02. The number of methoxy groups -OCH3 is 1. The smallest absolute Gasteiger partial charge is 0.305 e. The number of hydrogen-bond donors (Lipinski definition) is 0. The molecule has 1 fully saturated rings. The lowest BCUT2D eigenvalue weighted by Gasteiger charge is -2.22. The molecule has 1 aliphatic heterocycles. The van der Waals surface area contributed by atoms with E-state index in [9.17, 15) is 4.79 Å². The van der Waals surface area contributed by atoms with E-state index in [4.69, 9.17) is 14.2 Å². The van der Waals surface area contributed by atoms with Crippen LogP contribution in [0.15, 0.2) is 24.3 Å². The molecule has 0 spiro atoms. The molecular formula is C21H32O4. The van der Waals surface area contributed by atoms with Crippen molar-refractivity contribution < 1.29 is 19.0 Å². The van der Waals surface area contributed by atoms with Gasteiger partial charge in [0.2, 0.25) is 0 Å². The summed E-state index contributed by atoms with van der Waals surface area (Å²) in [4.78, 5) is 11.3. The van der Waals surface area contributed by atoms with Crippen LogP contribution in [0.3, 0.4) is 0 Å². The zero-order valence-electron chi connectivity index (χ0n) is 15.5. The molecule has 0 N–H and O–H groups in total. The van der Waals surface area contributed by atoms with Crippen LogP contribution in [0.4, 0.5) is 0 Å². The van der Waals surface area contributed by atoms with Crippen molar-refractivity contribution in [2.75, 3.05) is 20.3 Å². The summed E-state index contributed by atoms with van der Waals surface area (Å²) in [5.74, 6) is -0.142. The Labute approximate surface area is 151 Å². The van der Waals surface area contributed by atoms with Crippen molar-refractivity contribution in [1.29, 1.82) is 0 Å². The van der Waals surface area contributed by atoms with E-state index in [2.05, 4.69) is 18.2 Å². The fraction of sp³-hybridized carbons (Fsp3) is 0.667. The molecule has 0 aromatic heterocycles. The highest BCUT2D eigenvalue weighted by atomic mass is 16.7. The molecule has 1 aromatic carbocycles. The van der Waals surface area contributed by atoms with Crippen LogP contribution in [0.5, 0.6) is 0 Å². The van der Waals surface area contributed by atoms with E-state index in [0.29, 0.717) is 6.42 Å². The lowest BCUT2D eigenvalue weighted by Crippen LogP contribution is -2.22. The summed E-state index contributed by atoms with van der Waals surface area (Å²) in [5.41, 5.74) is 2.63. The summed E-state index contributed by atoms with van der Waals surface area (Å²) >= 11 is 0. The summed E-state index contributed by atoms with van der Waals surface area (Å²) in [7, 11) is 1.44. The maximum Gasteiger partial charge on any atom is 0.305 e. The summed E-state index contributed by atoms with van der Waals surface area (Å²) in [6, 6.07) is 8.42. The first-order chi connectivity index (χ1) is 12.3. The molecule has 25 heavy (non-hydrogen) atoms. The third-order valence-corrected chi connectivity index (χ3v) is 4.73. The molecule has 0 radical (unpaired) electrons. The van der Waals surface area contributed by atoms with Crippen LogP contribution < -0.4 is 0 Å². The minimum atomic E-state index is -0.142. The summed E-state index contributed by atoms with van der Waals surface area (Å²) < 4.78 is 16.1. The molecule has 1 atom stereocenters. The number of carbonyl (C=O) groups excluding carboxylic acids is 1. The largest absolute Gasteiger partial charge is 0.469 e. The summed E-state index contributed by atoms with van der Waals surface area (Å²) in [6.45, 7) is 1.65. The first-order valence-corrected chi connectivity index (χ1v) is 9.66. The van der Waals surface area contributed by atoms with Crippen molar-refractivity contribution in [2.24, 2.45) is 0 Å². The molecular weight excluding hydrogens is 316 g/mol. The number of aryl methyl sites for hydroxylation is 2. The van der Waals surface area contributed by atoms with E-state index in [0.717, 1.165) is 38.9 Å². The average Bonchev–Trinajstić information content (AvgIpc) is 2.67. The minimum absolute atomic E-state index is 0.0374. The Kier molecular flexibility index (Phi) is 9.60. The number of carbonyl (C=O) groups is 1. The van der Waals surface area contributed by atoms with Gasteiger partial charge in [-0.05, 0) is 56.1 Å². The summed E-state index contributed by atoms with van der Waals surface area (Å²) in [5, 5.41) is 0. The van der Waals surface area contributed by atoms with Gasteiger partial charge in [-0.2, -0.15) is 0 Å². The Morgan fingerprint density at radius 3 is 2.56 bits per heavy atom. The average molecular weight is 348 g/mol. The zero-order chi connectivity index (χ0) is 17.7. The van der Waals surface area contributed by atoms with Gasteiger partial charge < -0.3 is 14.2 Å². The Bertz CT molecular complexity index is 494. The molecule has 4 nitrogen and oxygen atoms in total. The van der Waals surface area contributed by atoms with Crippen molar-refractivity contribution in [3.63, 3.8) is 0 Å². The monoisotopic (exact) mass is 348 g/mol. The van der Waals surface area contributed by atoms with Gasteiger partial charge in [-0.3, -0.25) is 4.79 Å². The lowest BCUT2D eigenvalue weighted by atomic mass is 9.98. The predicted molar refractivity (Wildman–Crippen MR) is 98.5 cm³/mol. The van der Waals surface area contributed by atoms with Crippen LogP contribution in [0.25, 0.3) is 0 Å². The molecule has 0 aliphatic carbocycles. The highest BCUT2D eigenvalue weighted by molar-refractivity contribution is 5.69. The first-order valence-electron chi connectivity index (χ1n) is 9.66. The van der Waals surface area contributed by atoms with E-state index < -0.39 is 0 Å². The lowest BCUT2D eigenvalue weighted by molar-refractivity contribution is -0.162. The van der Waals surface area contributed by atoms with Gasteiger partial charge in [-0.25, -0.2) is 0 Å². The minimum Gasteiger partial charge on any atom is -0.469 e. The standard InChI is InChI=1S/C21H32O4/c1-23-20(22)15-14-19-12-6-5-11-18(19)10-4-2-3-8-16-24-21-13-7-9-17-25-21/h5-6,11-12,21H,2-4,7-10,13-17H2,1H3. The maximum atomic E-state index is 11.3. The van der Waals surface area contributed by atoms with Gasteiger partial charge in [-0.15, -0.1) is 0 Å². The first kappa shape index (κ1) is 19.9. The van der Waals surface area contributed by atoms with Crippen molar-refractivity contribution in [3.05, 3.63) is 35.4 Å². The molecule has 1 heterocycles. The molecule has 1 saturated heterocycles. The fourth-order valence-corrected chi connectivity index (χ4v) is 3.21. The molecule has 2 rings (SSSR count). The number of rotatable bonds is 11. The second-order valence-electron chi connectivity index (χ2n) is 6.68. The Morgan fingerprint density at radius 1 is 1.08 bits per heavy atom. The van der Waals surface area contributed by atoms with Crippen molar-refractivity contribution in [1.82, 2.24) is 0 Å². The van der Waals surface area contributed by atoms with Gasteiger partial charge >= 0.3 is 5.97 Å².